The molecule has 2 saturated carbocycles. The summed E-state index contributed by atoms with van der Waals surface area (Å²) in [5.74, 6) is 2.90. The highest BCUT2D eigenvalue weighted by Crippen LogP contribution is 2.36. The summed E-state index contributed by atoms with van der Waals surface area (Å²) in [6.07, 6.45) is 13.3. The summed E-state index contributed by atoms with van der Waals surface area (Å²) in [5, 5.41) is 2.46. The number of aryl methyl sites for hydroxylation is 1. The molecule has 36 heavy (non-hydrogen) atoms. The fraction of sp³-hybridized carbons (Fsp3) is 0.636. The number of methoxy groups -OCH3 is 1. The van der Waals surface area contributed by atoms with E-state index in [0.717, 1.165) is 43.6 Å². The highest BCUT2D eigenvalue weighted by molar-refractivity contribution is 5.92. The van der Waals surface area contributed by atoms with E-state index in [9.17, 15) is 0 Å². The Bertz CT molecular complexity index is 954. The number of hydrogen-bond donors (Lipinski definition) is 0. The van der Waals surface area contributed by atoms with E-state index < -0.39 is 0 Å². The van der Waals surface area contributed by atoms with Crippen LogP contribution in [0, 0.1) is 18.8 Å². The summed E-state index contributed by atoms with van der Waals surface area (Å²) in [7, 11) is 1.76. The molecule has 2 aliphatic rings. The first kappa shape index (κ1) is 28.6. The molecule has 2 aliphatic carbocycles. The Hall–Kier alpha value is -2.00. The third-order valence-electron chi connectivity index (χ3n) is 8.04. The second-order valence-electron chi connectivity index (χ2n) is 11.0. The zero-order valence-electron chi connectivity index (χ0n) is 24.1. The topological polar surface area (TPSA) is 15.7 Å². The molecule has 200 valence electrons. The van der Waals surface area contributed by atoms with Gasteiger partial charge in [0.05, 0.1) is 7.11 Å². The molecule has 2 aromatic carbocycles. The number of nitrogens with zero attached hydrogens (tertiary/aromatic N) is 2. The lowest BCUT2D eigenvalue weighted by Gasteiger charge is -2.30. The van der Waals surface area contributed by atoms with Crippen molar-refractivity contribution in [3.63, 3.8) is 0 Å². The third kappa shape index (κ3) is 8.26. The number of fused-ring (bicyclic) bond motifs is 1. The van der Waals surface area contributed by atoms with Crippen molar-refractivity contribution in [2.45, 2.75) is 86.0 Å². The Morgan fingerprint density at radius 1 is 1.00 bits per heavy atom. The van der Waals surface area contributed by atoms with Crippen molar-refractivity contribution < 1.29 is 4.74 Å². The molecule has 3 heteroatoms. The Balaban J connectivity index is 0.000000642. The van der Waals surface area contributed by atoms with Crippen LogP contribution >= 0.6 is 0 Å². The maximum atomic E-state index is 5.61. The molecule has 4 rings (SSSR count). The Morgan fingerprint density at radius 2 is 1.69 bits per heavy atom. The molecule has 0 amide bonds. The average Bonchev–Trinajstić information content (AvgIpc) is 3.69. The zero-order chi connectivity index (χ0) is 25.9. The largest absolute Gasteiger partial charge is 0.496 e. The minimum atomic E-state index is 0.879. The maximum absolute atomic E-state index is 5.61. The van der Waals surface area contributed by atoms with Crippen LogP contribution in [0.25, 0.3) is 16.5 Å². The van der Waals surface area contributed by atoms with E-state index in [1.807, 2.05) is 0 Å². The lowest BCUT2D eigenvalue weighted by atomic mass is 9.88. The maximum Gasteiger partial charge on any atom is 0.126 e. The van der Waals surface area contributed by atoms with Crippen LogP contribution in [-0.4, -0.2) is 49.6 Å². The molecular formula is C33H52N2O. The van der Waals surface area contributed by atoms with E-state index in [1.54, 1.807) is 7.11 Å². The van der Waals surface area contributed by atoms with E-state index in [-0.39, 0.29) is 0 Å². The van der Waals surface area contributed by atoms with E-state index in [1.165, 1.54) is 85.6 Å². The molecule has 0 aromatic heterocycles. The Morgan fingerprint density at radius 3 is 2.25 bits per heavy atom. The van der Waals surface area contributed by atoms with Crippen molar-refractivity contribution in [3.8, 4) is 5.75 Å². The highest BCUT2D eigenvalue weighted by Gasteiger charge is 2.26. The SMILES string of the molecule is CC/C=C(\c1cc2cccc(OC)c2cc1C)N(CCCCN(CC)CC)CC1CC1.CC1CCC1. The molecule has 0 spiro atoms. The monoisotopic (exact) mass is 492 g/mol. The lowest BCUT2D eigenvalue weighted by Crippen LogP contribution is -2.28. The van der Waals surface area contributed by atoms with Gasteiger partial charge in [0.2, 0.25) is 0 Å². The number of unbranched alkanes of at least 4 members (excludes halogenated alkanes) is 1. The fourth-order valence-electron chi connectivity index (χ4n) is 5.17. The van der Waals surface area contributed by atoms with Gasteiger partial charge in [0.25, 0.3) is 0 Å². The third-order valence-corrected chi connectivity index (χ3v) is 8.04. The summed E-state index contributed by atoms with van der Waals surface area (Å²) in [5.41, 5.74) is 4.15. The van der Waals surface area contributed by atoms with Crippen LogP contribution in [-0.2, 0) is 0 Å². The van der Waals surface area contributed by atoms with Crippen LogP contribution in [0.3, 0.4) is 0 Å². The number of benzene rings is 2. The molecule has 0 atom stereocenters. The molecule has 0 aliphatic heterocycles. The van der Waals surface area contributed by atoms with Crippen LogP contribution in [0.2, 0.25) is 0 Å². The van der Waals surface area contributed by atoms with E-state index >= 15 is 0 Å². The van der Waals surface area contributed by atoms with Crippen LogP contribution in [0.15, 0.2) is 36.4 Å². The molecule has 0 unspecified atom stereocenters. The van der Waals surface area contributed by atoms with Gasteiger partial charge >= 0.3 is 0 Å². The van der Waals surface area contributed by atoms with Crippen molar-refractivity contribution in [1.82, 2.24) is 9.80 Å². The molecule has 2 aromatic rings. The smallest absolute Gasteiger partial charge is 0.126 e. The van der Waals surface area contributed by atoms with E-state index in [0.29, 0.717) is 0 Å². The summed E-state index contributed by atoms with van der Waals surface area (Å²) < 4.78 is 5.61. The van der Waals surface area contributed by atoms with Crippen molar-refractivity contribution in [2.24, 2.45) is 11.8 Å². The summed E-state index contributed by atoms with van der Waals surface area (Å²) in [4.78, 5) is 5.23. The number of rotatable bonds is 13. The summed E-state index contributed by atoms with van der Waals surface area (Å²) in [6, 6.07) is 11.0. The quantitative estimate of drug-likeness (QED) is 0.260. The molecule has 2 fully saturated rings. The molecular weight excluding hydrogens is 440 g/mol. The van der Waals surface area contributed by atoms with E-state index in [4.69, 9.17) is 4.74 Å². The van der Waals surface area contributed by atoms with Gasteiger partial charge in [-0.25, -0.2) is 0 Å². The van der Waals surface area contributed by atoms with Gasteiger partial charge in [-0.1, -0.05) is 65.2 Å². The lowest BCUT2D eigenvalue weighted by molar-refractivity contribution is 0.285. The minimum Gasteiger partial charge on any atom is -0.496 e. The predicted molar refractivity (Wildman–Crippen MR) is 158 cm³/mol. The van der Waals surface area contributed by atoms with E-state index in [2.05, 4.69) is 80.8 Å². The van der Waals surface area contributed by atoms with Crippen LogP contribution < -0.4 is 4.74 Å². The van der Waals surface area contributed by atoms with Crippen molar-refractivity contribution in [3.05, 3.63) is 47.5 Å². The number of allylic oxidation sites excluding steroid dienone is 1. The number of ether oxygens (including phenoxy) is 1. The first-order valence-corrected chi connectivity index (χ1v) is 14.8. The molecule has 0 saturated heterocycles. The summed E-state index contributed by atoms with van der Waals surface area (Å²) >= 11 is 0. The second-order valence-corrected chi connectivity index (χ2v) is 11.0. The van der Waals surface area contributed by atoms with Gasteiger partial charge in [0.15, 0.2) is 0 Å². The summed E-state index contributed by atoms with van der Waals surface area (Å²) in [6.45, 7) is 17.2. The zero-order valence-corrected chi connectivity index (χ0v) is 24.1. The Kier molecular flexibility index (Phi) is 11.6. The van der Waals surface area contributed by atoms with Gasteiger partial charge in [-0.05, 0) is 99.6 Å². The molecule has 0 bridgehead atoms. The van der Waals surface area contributed by atoms with Gasteiger partial charge in [-0.15, -0.1) is 0 Å². The van der Waals surface area contributed by atoms with Crippen molar-refractivity contribution in [1.29, 1.82) is 0 Å². The number of hydrogen-bond acceptors (Lipinski definition) is 3. The first-order valence-electron chi connectivity index (χ1n) is 14.8. The normalized spacial score (nSPS) is 16.0. The van der Waals surface area contributed by atoms with Crippen LogP contribution in [0.1, 0.15) is 90.2 Å². The standard InChI is InChI=1S/C28H42N2O.C5H10/c1-6-12-27(25-20-24-13-11-14-28(31-5)26(24)19-22(25)4)30(21-23-15-16-23)18-10-9-17-29(7-2)8-3;1-5-3-2-4-5/h11-14,19-20,23H,6-10,15-18,21H2,1-5H3;5H,2-4H2,1H3/b27-12+;. The van der Waals surface area contributed by atoms with Crippen LogP contribution in [0.4, 0.5) is 0 Å². The molecule has 3 nitrogen and oxygen atoms in total. The second kappa shape index (κ2) is 14.7. The van der Waals surface area contributed by atoms with Crippen molar-refractivity contribution >= 4 is 16.5 Å². The minimum absolute atomic E-state index is 0.879. The average molecular weight is 493 g/mol. The van der Waals surface area contributed by atoms with Crippen molar-refractivity contribution in [2.75, 3.05) is 39.8 Å². The molecule has 0 N–H and O–H groups in total. The first-order chi connectivity index (χ1) is 17.5. The van der Waals surface area contributed by atoms with Gasteiger partial charge in [0, 0.05) is 29.7 Å². The van der Waals surface area contributed by atoms with Gasteiger partial charge < -0.3 is 14.5 Å². The van der Waals surface area contributed by atoms with Gasteiger partial charge in [0.1, 0.15) is 5.75 Å². The molecule has 0 heterocycles. The van der Waals surface area contributed by atoms with Gasteiger partial charge in [-0.2, -0.15) is 0 Å². The predicted octanol–water partition coefficient (Wildman–Crippen LogP) is 8.55. The van der Waals surface area contributed by atoms with Crippen LogP contribution in [0.5, 0.6) is 5.75 Å². The Labute approximate surface area is 221 Å². The highest BCUT2D eigenvalue weighted by atomic mass is 16.5. The fourth-order valence-corrected chi connectivity index (χ4v) is 5.17. The van der Waals surface area contributed by atoms with Gasteiger partial charge in [-0.3, -0.25) is 0 Å². The molecule has 0 radical (unpaired) electrons.